The highest BCUT2D eigenvalue weighted by Gasteiger charge is 2.37. The first-order valence-electron chi connectivity index (χ1n) is 13.7. The number of benzene rings is 3. The van der Waals surface area contributed by atoms with Gasteiger partial charge in [0.2, 0.25) is 0 Å². The smallest absolute Gasteiger partial charge is 0.192 e. The van der Waals surface area contributed by atoms with Gasteiger partial charge in [0.05, 0.1) is 43.8 Å². The third kappa shape index (κ3) is 6.63. The van der Waals surface area contributed by atoms with E-state index in [1.54, 1.807) is 20.4 Å². The number of fused-ring (bicyclic) bond motifs is 1. The summed E-state index contributed by atoms with van der Waals surface area (Å²) in [6, 6.07) is 20.0. The van der Waals surface area contributed by atoms with Crippen molar-refractivity contribution in [3.05, 3.63) is 72.4 Å². The summed E-state index contributed by atoms with van der Waals surface area (Å²) in [6.07, 6.45) is 2.37. The van der Waals surface area contributed by atoms with Crippen LogP contribution in [0.4, 0.5) is 11.4 Å². The van der Waals surface area contributed by atoms with Gasteiger partial charge in [-0.15, -0.1) is 0 Å². The first-order valence-corrected chi connectivity index (χ1v) is 16.6. The van der Waals surface area contributed by atoms with Crippen LogP contribution in [-0.4, -0.2) is 57.4 Å². The molecule has 4 rings (SSSR count). The molecule has 3 aromatic carbocycles. The summed E-state index contributed by atoms with van der Waals surface area (Å²) in [7, 11) is 1.39. The molecule has 0 aliphatic rings. The molecular formula is C32H41N3O4Si. The SMILES string of the molecule is COc1cc(OC)cc(N(CCO[Si](C)(C)C(C)(C)C)c2ccc3ncc(-c4ccccc4CCO)nc3c2)c1. The molecule has 0 saturated heterocycles. The molecule has 1 aromatic heterocycles. The Hall–Kier alpha value is -3.46. The van der Waals surface area contributed by atoms with E-state index in [2.05, 4.69) is 50.9 Å². The summed E-state index contributed by atoms with van der Waals surface area (Å²) in [5.41, 5.74) is 6.32. The number of nitrogens with zero attached hydrogens (tertiary/aromatic N) is 3. The summed E-state index contributed by atoms with van der Waals surface area (Å²) in [6.45, 7) is 12.6. The molecule has 8 heteroatoms. The van der Waals surface area contributed by atoms with E-state index in [1.807, 2.05) is 48.5 Å². The van der Waals surface area contributed by atoms with Gasteiger partial charge < -0.3 is 23.9 Å². The van der Waals surface area contributed by atoms with Gasteiger partial charge in [0.15, 0.2) is 8.32 Å². The monoisotopic (exact) mass is 559 g/mol. The van der Waals surface area contributed by atoms with E-state index in [-0.39, 0.29) is 11.6 Å². The fraction of sp³-hybridized carbons (Fsp3) is 0.375. The largest absolute Gasteiger partial charge is 0.497 e. The Morgan fingerprint density at radius 2 is 1.57 bits per heavy atom. The summed E-state index contributed by atoms with van der Waals surface area (Å²) < 4.78 is 17.7. The normalized spacial score (nSPS) is 12.0. The lowest BCUT2D eigenvalue weighted by molar-refractivity contribution is 0.297. The van der Waals surface area contributed by atoms with Crippen LogP contribution >= 0.6 is 0 Å². The van der Waals surface area contributed by atoms with Gasteiger partial charge in [-0.2, -0.15) is 0 Å². The van der Waals surface area contributed by atoms with E-state index in [0.29, 0.717) is 31.1 Å². The van der Waals surface area contributed by atoms with Gasteiger partial charge in [0, 0.05) is 48.3 Å². The van der Waals surface area contributed by atoms with Gasteiger partial charge in [-0.1, -0.05) is 45.0 Å². The van der Waals surface area contributed by atoms with Crippen LogP contribution in [0.15, 0.2) is 66.9 Å². The van der Waals surface area contributed by atoms with Crippen LogP contribution in [0.5, 0.6) is 11.5 Å². The lowest BCUT2D eigenvalue weighted by Gasteiger charge is -2.37. The van der Waals surface area contributed by atoms with Gasteiger partial charge in [-0.25, -0.2) is 4.98 Å². The number of anilines is 2. The van der Waals surface area contributed by atoms with Crippen molar-refractivity contribution in [2.75, 3.05) is 38.9 Å². The summed E-state index contributed by atoms with van der Waals surface area (Å²) in [5, 5.41) is 9.66. The number of aliphatic hydroxyl groups excluding tert-OH is 1. The maximum atomic E-state index is 9.54. The van der Waals surface area contributed by atoms with Crippen LogP contribution < -0.4 is 14.4 Å². The zero-order valence-corrected chi connectivity index (χ0v) is 25.7. The highest BCUT2D eigenvalue weighted by molar-refractivity contribution is 6.74. The lowest BCUT2D eigenvalue weighted by atomic mass is 10.0. The number of hydrogen-bond acceptors (Lipinski definition) is 7. The fourth-order valence-electron chi connectivity index (χ4n) is 4.37. The van der Waals surface area contributed by atoms with Gasteiger partial charge in [0.1, 0.15) is 11.5 Å². The third-order valence-electron chi connectivity index (χ3n) is 7.74. The number of aromatic nitrogens is 2. The molecule has 0 saturated carbocycles. The summed E-state index contributed by atoms with van der Waals surface area (Å²) >= 11 is 0. The fourth-order valence-corrected chi connectivity index (χ4v) is 5.40. The van der Waals surface area contributed by atoms with Crippen molar-refractivity contribution in [1.29, 1.82) is 0 Å². The van der Waals surface area contributed by atoms with Crippen molar-refractivity contribution in [1.82, 2.24) is 9.97 Å². The van der Waals surface area contributed by atoms with Gasteiger partial charge in [-0.05, 0) is 48.3 Å². The van der Waals surface area contributed by atoms with Gasteiger partial charge >= 0.3 is 0 Å². The van der Waals surface area contributed by atoms with Crippen LogP contribution in [0, 0.1) is 0 Å². The molecule has 0 unspecified atom stereocenters. The van der Waals surface area contributed by atoms with E-state index >= 15 is 0 Å². The second-order valence-corrected chi connectivity index (χ2v) is 16.2. The predicted octanol–water partition coefficient (Wildman–Crippen LogP) is 7.01. The van der Waals surface area contributed by atoms with E-state index < -0.39 is 8.32 Å². The standard InChI is InChI=1S/C32H41N3O4Si/c1-32(2,3)40(6,7)39-17-15-35(25-18-26(37-4)21-27(19-25)38-5)24-12-13-29-30(20-24)34-31(22-33-29)28-11-9-8-10-23(28)14-16-36/h8-13,18-22,36H,14-17H2,1-7H3. The molecule has 1 N–H and O–H groups in total. The maximum Gasteiger partial charge on any atom is 0.192 e. The topological polar surface area (TPSA) is 76.9 Å². The van der Waals surface area contributed by atoms with Crippen molar-refractivity contribution in [3.63, 3.8) is 0 Å². The zero-order valence-electron chi connectivity index (χ0n) is 24.7. The Morgan fingerprint density at radius 3 is 2.23 bits per heavy atom. The molecule has 1 heterocycles. The number of methoxy groups -OCH3 is 2. The predicted molar refractivity (Wildman–Crippen MR) is 165 cm³/mol. The van der Waals surface area contributed by atoms with Crippen molar-refractivity contribution in [3.8, 4) is 22.8 Å². The molecule has 0 spiro atoms. The Labute approximate surface area is 238 Å². The van der Waals surface area contributed by atoms with Gasteiger partial charge in [0.25, 0.3) is 0 Å². The minimum atomic E-state index is -1.93. The number of ether oxygens (including phenoxy) is 2. The van der Waals surface area contributed by atoms with Crippen LogP contribution in [0.2, 0.25) is 18.1 Å². The van der Waals surface area contributed by atoms with Crippen LogP contribution in [0.1, 0.15) is 26.3 Å². The first kappa shape index (κ1) is 29.5. The Morgan fingerprint density at radius 1 is 0.875 bits per heavy atom. The van der Waals surface area contributed by atoms with Crippen LogP contribution in [-0.2, 0) is 10.8 Å². The highest BCUT2D eigenvalue weighted by atomic mass is 28.4. The molecule has 0 aliphatic carbocycles. The van der Waals surface area contributed by atoms with Crippen molar-refractivity contribution in [2.45, 2.75) is 45.3 Å². The van der Waals surface area contributed by atoms with Crippen molar-refractivity contribution in [2.24, 2.45) is 0 Å². The number of aliphatic hydroxyl groups is 1. The molecule has 0 radical (unpaired) electrons. The zero-order chi connectivity index (χ0) is 28.9. The Bertz CT molecular complexity index is 1430. The van der Waals surface area contributed by atoms with Crippen LogP contribution in [0.3, 0.4) is 0 Å². The molecule has 7 nitrogen and oxygen atoms in total. The van der Waals surface area contributed by atoms with E-state index in [4.69, 9.17) is 23.9 Å². The molecule has 0 fully saturated rings. The molecule has 0 amide bonds. The molecule has 4 aromatic rings. The average molecular weight is 560 g/mol. The molecule has 0 atom stereocenters. The van der Waals surface area contributed by atoms with E-state index in [1.165, 1.54) is 0 Å². The summed E-state index contributed by atoms with van der Waals surface area (Å²) in [5.74, 6) is 1.43. The van der Waals surface area contributed by atoms with Crippen LogP contribution in [0.25, 0.3) is 22.3 Å². The number of hydrogen-bond donors (Lipinski definition) is 1. The van der Waals surface area contributed by atoms with Crippen molar-refractivity contribution < 1.29 is 19.0 Å². The second kappa shape index (κ2) is 12.4. The molecule has 212 valence electrons. The lowest BCUT2D eigenvalue weighted by Crippen LogP contribution is -2.42. The maximum absolute atomic E-state index is 9.54. The first-order chi connectivity index (χ1) is 19.1. The third-order valence-corrected chi connectivity index (χ3v) is 12.3. The quantitative estimate of drug-likeness (QED) is 0.198. The second-order valence-electron chi connectivity index (χ2n) is 11.4. The average Bonchev–Trinajstić information content (AvgIpc) is 2.94. The van der Waals surface area contributed by atoms with Gasteiger partial charge in [-0.3, -0.25) is 4.98 Å². The van der Waals surface area contributed by atoms with E-state index in [9.17, 15) is 5.11 Å². The highest BCUT2D eigenvalue weighted by Crippen LogP contribution is 2.38. The Balaban J connectivity index is 1.76. The van der Waals surface area contributed by atoms with E-state index in [0.717, 1.165) is 39.2 Å². The number of rotatable bonds is 11. The molecule has 40 heavy (non-hydrogen) atoms. The minimum Gasteiger partial charge on any atom is -0.497 e. The minimum absolute atomic E-state index is 0.0814. The van der Waals surface area contributed by atoms with Crippen molar-refractivity contribution >= 4 is 30.7 Å². The molecule has 0 aliphatic heterocycles. The molecular weight excluding hydrogens is 518 g/mol. The molecule has 0 bridgehead atoms. The Kier molecular flexibility index (Phi) is 9.13. The summed E-state index contributed by atoms with van der Waals surface area (Å²) in [4.78, 5) is 11.9.